The fourth-order valence-electron chi connectivity index (χ4n) is 1.15. The van der Waals surface area contributed by atoms with Crippen LogP contribution in [0.5, 0.6) is 0 Å². The van der Waals surface area contributed by atoms with Gasteiger partial charge in [-0.05, 0) is 11.8 Å². The Morgan fingerprint density at radius 1 is 0.600 bits per heavy atom. The predicted molar refractivity (Wildman–Crippen MR) is 108 cm³/mol. The summed E-state index contributed by atoms with van der Waals surface area (Å²) in [6, 6.07) is 0. The van der Waals surface area contributed by atoms with Gasteiger partial charge in [0, 0.05) is 0 Å². The van der Waals surface area contributed by atoms with E-state index in [1.807, 2.05) is 0 Å². The number of carbonyl (C=O) groups is 2. The van der Waals surface area contributed by atoms with Crippen molar-refractivity contribution >= 4 is 12.3 Å². The molecule has 0 atom stereocenters. The third kappa shape index (κ3) is 310. The van der Waals surface area contributed by atoms with Crippen LogP contribution in [0.2, 0.25) is 0 Å². The van der Waals surface area contributed by atoms with Crippen molar-refractivity contribution in [2.75, 3.05) is 0 Å². The highest BCUT2D eigenvalue weighted by Gasteiger charge is 1.86. The lowest BCUT2D eigenvalue weighted by molar-refractivity contribution is 0.135. The third-order valence-corrected chi connectivity index (χ3v) is 2.23. The lowest BCUT2D eigenvalue weighted by Gasteiger charge is -1.95. The minimum Gasteiger partial charge on any atom is -0.450 e. The monoisotopic (exact) mass is 370 g/mol. The van der Waals surface area contributed by atoms with E-state index in [1.165, 1.54) is 38.5 Å². The molecule has 0 bridgehead atoms. The Bertz CT molecular complexity index is 196. The average molecular weight is 371 g/mol. The number of hydrogen-bond donors (Lipinski definition) is 4. The summed E-state index contributed by atoms with van der Waals surface area (Å²) in [5.41, 5.74) is 0. The maximum atomic E-state index is 8.56. The number of rotatable bonds is 5. The normalized spacial score (nSPS) is 7.92. The summed E-state index contributed by atoms with van der Waals surface area (Å²) in [5, 5.41) is 27.9. The SMILES string of the molecule is C.CCCC.CCCC(C)C.CCCC(C)C.O=C(O)O.O=C(O)O. The Morgan fingerprint density at radius 3 is 0.760 bits per heavy atom. The van der Waals surface area contributed by atoms with Crippen molar-refractivity contribution in [1.29, 1.82) is 0 Å². The fraction of sp³-hybridized carbons (Fsp3) is 0.895. The average Bonchev–Trinajstić information content (AvgIpc) is 2.38. The molecule has 0 fully saturated rings. The van der Waals surface area contributed by atoms with Gasteiger partial charge >= 0.3 is 12.3 Å². The van der Waals surface area contributed by atoms with Gasteiger partial charge in [-0.1, -0.05) is 101 Å². The lowest BCUT2D eigenvalue weighted by atomic mass is 10.1. The Balaban J connectivity index is -0.0000000454. The van der Waals surface area contributed by atoms with Gasteiger partial charge in [0.2, 0.25) is 0 Å². The van der Waals surface area contributed by atoms with Crippen molar-refractivity contribution < 1.29 is 30.0 Å². The highest BCUT2D eigenvalue weighted by atomic mass is 16.6. The molecule has 0 amide bonds. The molecule has 6 heteroatoms. The van der Waals surface area contributed by atoms with Crippen LogP contribution < -0.4 is 0 Å². The molecular weight excluding hydrogens is 324 g/mol. The molecule has 6 nitrogen and oxygen atoms in total. The maximum absolute atomic E-state index is 8.56. The first-order valence-electron chi connectivity index (χ1n) is 8.76. The van der Waals surface area contributed by atoms with Crippen LogP contribution in [0.4, 0.5) is 9.59 Å². The summed E-state index contributed by atoms with van der Waals surface area (Å²) in [5.74, 6) is 1.80. The number of unbranched alkanes of at least 4 members (excludes halogenated alkanes) is 1. The topological polar surface area (TPSA) is 115 Å². The Hall–Kier alpha value is -1.46. The Morgan fingerprint density at radius 2 is 0.760 bits per heavy atom. The summed E-state index contributed by atoms with van der Waals surface area (Å²) in [7, 11) is 0. The van der Waals surface area contributed by atoms with Crippen molar-refractivity contribution in [3.05, 3.63) is 0 Å². The number of carboxylic acid groups (broad SMARTS) is 4. The minimum atomic E-state index is -1.83. The molecule has 0 saturated heterocycles. The first-order valence-corrected chi connectivity index (χ1v) is 8.76. The van der Waals surface area contributed by atoms with Gasteiger partial charge < -0.3 is 20.4 Å². The van der Waals surface area contributed by atoms with E-state index < -0.39 is 12.3 Å². The van der Waals surface area contributed by atoms with E-state index in [9.17, 15) is 0 Å². The molecular formula is C19H46O6. The Labute approximate surface area is 156 Å². The van der Waals surface area contributed by atoms with Crippen LogP contribution in [-0.2, 0) is 0 Å². The zero-order chi connectivity index (χ0) is 20.6. The van der Waals surface area contributed by atoms with Crippen molar-refractivity contribution in [2.24, 2.45) is 11.8 Å². The lowest BCUT2D eigenvalue weighted by Crippen LogP contribution is -1.81. The van der Waals surface area contributed by atoms with Crippen molar-refractivity contribution in [2.45, 2.75) is 101 Å². The molecule has 0 spiro atoms. The van der Waals surface area contributed by atoms with Gasteiger partial charge in [-0.15, -0.1) is 0 Å². The quantitative estimate of drug-likeness (QED) is 0.393. The highest BCUT2D eigenvalue weighted by Crippen LogP contribution is 2.00. The van der Waals surface area contributed by atoms with Gasteiger partial charge in [-0.3, -0.25) is 0 Å². The standard InChI is InChI=1S/2C6H14.C4H10.2CH2O3.CH4/c2*1-4-5-6(2)3;1-3-4-2;2*2-1(3)4;/h2*6H,4-5H2,1-3H3;3-4H2,1-2H3;2*(H2,2,3,4);1H4. The molecule has 0 aromatic carbocycles. The van der Waals surface area contributed by atoms with E-state index in [2.05, 4.69) is 55.4 Å². The smallest absolute Gasteiger partial charge is 0.450 e. The maximum Gasteiger partial charge on any atom is 0.503 e. The molecule has 0 aliphatic rings. The molecule has 158 valence electrons. The third-order valence-electron chi connectivity index (χ3n) is 2.23. The van der Waals surface area contributed by atoms with E-state index >= 15 is 0 Å². The van der Waals surface area contributed by atoms with Gasteiger partial charge in [0.25, 0.3) is 0 Å². The Kier molecular flexibility index (Phi) is 59.4. The second-order valence-electron chi connectivity index (χ2n) is 5.93. The van der Waals surface area contributed by atoms with Gasteiger partial charge in [-0.2, -0.15) is 0 Å². The van der Waals surface area contributed by atoms with Crippen molar-refractivity contribution in [3.8, 4) is 0 Å². The molecule has 0 unspecified atom stereocenters. The van der Waals surface area contributed by atoms with Crippen LogP contribution in [0.15, 0.2) is 0 Å². The molecule has 25 heavy (non-hydrogen) atoms. The van der Waals surface area contributed by atoms with Crippen LogP contribution in [-0.4, -0.2) is 32.7 Å². The highest BCUT2D eigenvalue weighted by molar-refractivity contribution is 5.53. The summed E-state index contributed by atoms with van der Waals surface area (Å²) < 4.78 is 0. The summed E-state index contributed by atoms with van der Waals surface area (Å²) >= 11 is 0. The van der Waals surface area contributed by atoms with Crippen LogP contribution in [0, 0.1) is 11.8 Å². The molecule has 0 radical (unpaired) electrons. The molecule has 0 heterocycles. The van der Waals surface area contributed by atoms with Crippen LogP contribution in [0.3, 0.4) is 0 Å². The zero-order valence-corrected chi connectivity index (χ0v) is 17.0. The van der Waals surface area contributed by atoms with E-state index in [-0.39, 0.29) is 7.43 Å². The molecule has 0 aliphatic heterocycles. The van der Waals surface area contributed by atoms with Gasteiger partial charge in [0.1, 0.15) is 0 Å². The molecule has 4 N–H and O–H groups in total. The summed E-state index contributed by atoms with van der Waals surface area (Å²) in [6.45, 7) is 17.8. The van der Waals surface area contributed by atoms with Crippen molar-refractivity contribution in [1.82, 2.24) is 0 Å². The predicted octanol–water partition coefficient (Wildman–Crippen LogP) is 7.77. The first kappa shape index (κ1) is 38.9. The van der Waals surface area contributed by atoms with E-state index in [0.29, 0.717) is 0 Å². The minimum absolute atomic E-state index is 0. The van der Waals surface area contributed by atoms with Gasteiger partial charge in [0.05, 0.1) is 0 Å². The molecule has 0 saturated carbocycles. The molecule has 0 aromatic heterocycles. The largest absolute Gasteiger partial charge is 0.503 e. The van der Waals surface area contributed by atoms with Crippen LogP contribution >= 0.6 is 0 Å². The van der Waals surface area contributed by atoms with Gasteiger partial charge in [0.15, 0.2) is 0 Å². The van der Waals surface area contributed by atoms with Crippen molar-refractivity contribution in [3.63, 3.8) is 0 Å². The first-order chi connectivity index (χ1) is 10.9. The molecule has 0 aromatic rings. The molecule has 0 rings (SSSR count). The number of hydrogen-bond acceptors (Lipinski definition) is 2. The van der Waals surface area contributed by atoms with Crippen LogP contribution in [0.25, 0.3) is 0 Å². The zero-order valence-electron chi connectivity index (χ0n) is 17.0. The second kappa shape index (κ2) is 38.2. The second-order valence-corrected chi connectivity index (χ2v) is 5.93. The summed E-state index contributed by atoms with van der Waals surface area (Å²) in [4.78, 5) is 17.1. The van der Waals surface area contributed by atoms with E-state index in [4.69, 9.17) is 30.0 Å². The van der Waals surface area contributed by atoms with Gasteiger partial charge in [-0.25, -0.2) is 9.59 Å². The fourth-order valence-corrected chi connectivity index (χ4v) is 1.15. The van der Waals surface area contributed by atoms with E-state index in [0.717, 1.165) is 11.8 Å². The summed E-state index contributed by atoms with van der Waals surface area (Å²) in [6.07, 6.45) is 4.38. The molecule has 0 aliphatic carbocycles. The van der Waals surface area contributed by atoms with Crippen LogP contribution in [0.1, 0.15) is 101 Å². The van der Waals surface area contributed by atoms with E-state index in [1.54, 1.807) is 0 Å².